The van der Waals surface area contributed by atoms with Gasteiger partial charge in [-0.1, -0.05) is 28.8 Å². The summed E-state index contributed by atoms with van der Waals surface area (Å²) in [6.45, 7) is 0.745. The number of rotatable bonds is 6. The van der Waals surface area contributed by atoms with E-state index in [-0.39, 0.29) is 4.90 Å². The molecule has 0 unspecified atom stereocenters. The quantitative estimate of drug-likeness (QED) is 0.805. The van der Waals surface area contributed by atoms with Crippen molar-refractivity contribution >= 4 is 26.0 Å². The van der Waals surface area contributed by atoms with Crippen molar-refractivity contribution in [3.63, 3.8) is 0 Å². The van der Waals surface area contributed by atoms with Gasteiger partial charge in [-0.05, 0) is 37.1 Å². The summed E-state index contributed by atoms with van der Waals surface area (Å²) in [4.78, 5) is 0.275. The molecular formula is C13H18BrNO3S. The maximum atomic E-state index is 12.0. The molecule has 0 saturated heterocycles. The summed E-state index contributed by atoms with van der Waals surface area (Å²) in [5, 5.41) is 0. The summed E-state index contributed by atoms with van der Waals surface area (Å²) >= 11 is 3.28. The average Bonchev–Trinajstić information content (AvgIpc) is 2.88. The lowest BCUT2D eigenvalue weighted by Crippen LogP contribution is -2.28. The highest BCUT2D eigenvalue weighted by Gasteiger charge is 2.16. The molecule has 4 nitrogen and oxygen atoms in total. The molecule has 0 atom stereocenters. The van der Waals surface area contributed by atoms with Crippen molar-refractivity contribution in [2.24, 2.45) is 0 Å². The Morgan fingerprint density at radius 3 is 2.47 bits per heavy atom. The zero-order chi connectivity index (χ0) is 13.7. The molecule has 1 aromatic carbocycles. The van der Waals surface area contributed by atoms with Crippen LogP contribution in [0.15, 0.2) is 33.6 Å². The molecule has 0 amide bonds. The van der Waals surface area contributed by atoms with Crippen LogP contribution in [-0.2, 0) is 14.8 Å². The van der Waals surface area contributed by atoms with Crippen LogP contribution in [0.1, 0.15) is 25.7 Å². The van der Waals surface area contributed by atoms with E-state index in [9.17, 15) is 8.42 Å². The molecule has 0 aromatic heterocycles. The van der Waals surface area contributed by atoms with E-state index in [1.54, 1.807) is 24.3 Å². The lowest BCUT2D eigenvalue weighted by molar-refractivity contribution is 0.0626. The van der Waals surface area contributed by atoms with E-state index in [1.165, 1.54) is 12.8 Å². The van der Waals surface area contributed by atoms with E-state index in [2.05, 4.69) is 20.7 Å². The topological polar surface area (TPSA) is 55.4 Å². The second-order valence-electron chi connectivity index (χ2n) is 4.63. The highest BCUT2D eigenvalue weighted by atomic mass is 79.9. The van der Waals surface area contributed by atoms with Crippen LogP contribution < -0.4 is 4.72 Å². The van der Waals surface area contributed by atoms with Crippen molar-refractivity contribution in [3.8, 4) is 0 Å². The molecule has 106 valence electrons. The molecule has 2 rings (SSSR count). The Kier molecular flexibility index (Phi) is 5.38. The number of nitrogens with one attached hydrogen (secondary N) is 1. The Morgan fingerprint density at radius 2 is 1.84 bits per heavy atom. The monoisotopic (exact) mass is 347 g/mol. The van der Waals surface area contributed by atoms with Gasteiger partial charge in [-0.15, -0.1) is 0 Å². The summed E-state index contributed by atoms with van der Waals surface area (Å²) in [7, 11) is -3.42. The molecule has 6 heteroatoms. The molecule has 1 aromatic rings. The fourth-order valence-corrected chi connectivity index (χ4v) is 3.43. The Hall–Kier alpha value is -0.430. The van der Waals surface area contributed by atoms with Crippen LogP contribution in [0.5, 0.6) is 0 Å². The molecule has 1 saturated carbocycles. The molecule has 0 aliphatic heterocycles. The van der Waals surface area contributed by atoms with E-state index in [0.29, 0.717) is 19.3 Å². The molecule has 1 N–H and O–H groups in total. The Morgan fingerprint density at radius 1 is 1.21 bits per heavy atom. The number of ether oxygens (including phenoxy) is 1. The number of benzene rings is 1. The van der Waals surface area contributed by atoms with Gasteiger partial charge in [0.05, 0.1) is 17.6 Å². The zero-order valence-corrected chi connectivity index (χ0v) is 13.0. The number of hydrogen-bond acceptors (Lipinski definition) is 3. The second-order valence-corrected chi connectivity index (χ2v) is 7.31. The van der Waals surface area contributed by atoms with Crippen molar-refractivity contribution in [2.75, 3.05) is 13.2 Å². The summed E-state index contributed by atoms with van der Waals surface area (Å²) in [6.07, 6.45) is 4.95. The number of sulfonamides is 1. The molecule has 0 bridgehead atoms. The van der Waals surface area contributed by atoms with Crippen LogP contribution in [0.2, 0.25) is 0 Å². The minimum atomic E-state index is -3.42. The van der Waals surface area contributed by atoms with Gasteiger partial charge in [0, 0.05) is 11.0 Å². The lowest BCUT2D eigenvalue weighted by atomic mass is 10.3. The van der Waals surface area contributed by atoms with Crippen LogP contribution in [0, 0.1) is 0 Å². The second kappa shape index (κ2) is 6.83. The first kappa shape index (κ1) is 15.0. The van der Waals surface area contributed by atoms with Gasteiger partial charge in [0.25, 0.3) is 0 Å². The lowest BCUT2D eigenvalue weighted by Gasteiger charge is -2.11. The van der Waals surface area contributed by atoms with Crippen molar-refractivity contribution < 1.29 is 13.2 Å². The van der Waals surface area contributed by atoms with Crippen molar-refractivity contribution in [1.82, 2.24) is 4.72 Å². The van der Waals surface area contributed by atoms with Crippen molar-refractivity contribution in [2.45, 2.75) is 36.7 Å². The normalized spacial score (nSPS) is 16.9. The SMILES string of the molecule is O=S(=O)(NCCOC1CCCC1)c1ccc(Br)cc1. The third kappa shape index (κ3) is 4.56. The van der Waals surface area contributed by atoms with Crippen molar-refractivity contribution in [3.05, 3.63) is 28.7 Å². The molecular weight excluding hydrogens is 330 g/mol. The van der Waals surface area contributed by atoms with Gasteiger partial charge in [0.2, 0.25) is 10.0 Å². The summed E-state index contributed by atoms with van der Waals surface area (Å²) in [5.41, 5.74) is 0. The Labute approximate surface area is 122 Å². The van der Waals surface area contributed by atoms with Gasteiger partial charge in [-0.3, -0.25) is 0 Å². The van der Waals surface area contributed by atoms with E-state index < -0.39 is 10.0 Å². The molecule has 1 aliphatic rings. The number of halogens is 1. The van der Waals surface area contributed by atoms with Crippen LogP contribution in [0.3, 0.4) is 0 Å². The number of hydrogen-bond donors (Lipinski definition) is 1. The van der Waals surface area contributed by atoms with Gasteiger partial charge in [-0.25, -0.2) is 13.1 Å². The summed E-state index contributed by atoms with van der Waals surface area (Å²) < 4.78 is 32.9. The van der Waals surface area contributed by atoms with E-state index in [0.717, 1.165) is 17.3 Å². The van der Waals surface area contributed by atoms with Crippen LogP contribution in [-0.4, -0.2) is 27.7 Å². The first-order valence-corrected chi connectivity index (χ1v) is 8.72. The maximum Gasteiger partial charge on any atom is 0.240 e. The fraction of sp³-hybridized carbons (Fsp3) is 0.538. The molecule has 1 fully saturated rings. The predicted molar refractivity (Wildman–Crippen MR) is 77.5 cm³/mol. The van der Waals surface area contributed by atoms with E-state index >= 15 is 0 Å². The summed E-state index contributed by atoms with van der Waals surface area (Å²) in [5.74, 6) is 0. The minimum Gasteiger partial charge on any atom is -0.377 e. The van der Waals surface area contributed by atoms with Crippen LogP contribution in [0.25, 0.3) is 0 Å². The Bertz CT molecular complexity index is 495. The van der Waals surface area contributed by atoms with E-state index in [4.69, 9.17) is 4.74 Å². The van der Waals surface area contributed by atoms with Crippen molar-refractivity contribution in [1.29, 1.82) is 0 Å². The fourth-order valence-electron chi connectivity index (χ4n) is 2.15. The van der Waals surface area contributed by atoms with Gasteiger partial charge in [0.1, 0.15) is 0 Å². The first-order chi connectivity index (χ1) is 9.08. The van der Waals surface area contributed by atoms with Crippen LogP contribution >= 0.6 is 15.9 Å². The van der Waals surface area contributed by atoms with Crippen LogP contribution in [0.4, 0.5) is 0 Å². The van der Waals surface area contributed by atoms with Gasteiger partial charge >= 0.3 is 0 Å². The third-order valence-electron chi connectivity index (χ3n) is 3.17. The van der Waals surface area contributed by atoms with Gasteiger partial charge < -0.3 is 4.74 Å². The molecule has 0 heterocycles. The maximum absolute atomic E-state index is 12.0. The van der Waals surface area contributed by atoms with E-state index in [1.807, 2.05) is 0 Å². The molecule has 0 radical (unpaired) electrons. The zero-order valence-electron chi connectivity index (χ0n) is 10.6. The minimum absolute atomic E-state index is 0.275. The largest absolute Gasteiger partial charge is 0.377 e. The van der Waals surface area contributed by atoms with Gasteiger partial charge in [-0.2, -0.15) is 0 Å². The predicted octanol–water partition coefficient (Wildman–Crippen LogP) is 2.69. The Balaban J connectivity index is 1.79. The standard InChI is InChI=1S/C13H18BrNO3S/c14-11-5-7-13(8-6-11)19(16,17)15-9-10-18-12-3-1-2-4-12/h5-8,12,15H,1-4,9-10H2. The highest BCUT2D eigenvalue weighted by molar-refractivity contribution is 9.10. The van der Waals surface area contributed by atoms with Gasteiger partial charge in [0.15, 0.2) is 0 Å². The molecule has 19 heavy (non-hydrogen) atoms. The first-order valence-electron chi connectivity index (χ1n) is 6.45. The third-order valence-corrected chi connectivity index (χ3v) is 5.18. The molecule has 1 aliphatic carbocycles. The average molecular weight is 348 g/mol. The molecule has 0 spiro atoms. The smallest absolute Gasteiger partial charge is 0.240 e. The highest BCUT2D eigenvalue weighted by Crippen LogP contribution is 2.20. The summed E-state index contributed by atoms with van der Waals surface area (Å²) in [6, 6.07) is 6.57.